The molecule has 1 aromatic rings. The van der Waals surface area contributed by atoms with Gasteiger partial charge in [0, 0.05) is 12.5 Å². The van der Waals surface area contributed by atoms with Gasteiger partial charge in [0.15, 0.2) is 9.84 Å². The van der Waals surface area contributed by atoms with Crippen LogP contribution in [0.1, 0.15) is 5.69 Å². The quantitative estimate of drug-likeness (QED) is 0.357. The molecule has 0 atom stereocenters. The Hall–Kier alpha value is -0.433. The zero-order chi connectivity index (χ0) is 8.48. The number of hydrogen-bond acceptors (Lipinski definition) is 3. The molecule has 0 radical (unpaired) electrons. The number of pyridine rings is 1. The molecule has 1 rings (SSSR count). The topological polar surface area (TPSA) is 47.0 Å². The van der Waals surface area contributed by atoms with Gasteiger partial charge in [0.1, 0.15) is 0 Å². The summed E-state index contributed by atoms with van der Waals surface area (Å²) in [5.41, 5.74) is 0.567. The fourth-order valence-electron chi connectivity index (χ4n) is 0.630. The van der Waals surface area contributed by atoms with Crippen molar-refractivity contribution >= 4 is 9.84 Å². The fraction of sp³-hybridized carbons (Fsp3) is 0.143. The van der Waals surface area contributed by atoms with E-state index in [1.807, 2.05) is 0 Å². The Morgan fingerprint density at radius 1 is 1.42 bits per heavy atom. The van der Waals surface area contributed by atoms with Gasteiger partial charge < -0.3 is 0 Å². The van der Waals surface area contributed by atoms with E-state index in [2.05, 4.69) is 11.9 Å². The van der Waals surface area contributed by atoms with Gasteiger partial charge in [-0.1, -0.05) is 0 Å². The van der Waals surface area contributed by atoms with E-state index in [4.69, 9.17) is 0 Å². The minimum atomic E-state index is -3.11. The number of nitrogens with zero attached hydrogens (tertiary/aromatic N) is 1. The summed E-state index contributed by atoms with van der Waals surface area (Å²) in [6.07, 6.45) is 2.45. The smallest absolute Gasteiger partial charge is 0.294 e. The van der Waals surface area contributed by atoms with Crippen LogP contribution in [0.5, 0.6) is 0 Å². The zero-order valence-electron chi connectivity index (χ0n) is 7.11. The van der Waals surface area contributed by atoms with Crippen LogP contribution in [0.3, 0.4) is 0 Å². The van der Waals surface area contributed by atoms with Gasteiger partial charge in [-0.05, 0) is 0 Å². The summed E-state index contributed by atoms with van der Waals surface area (Å²) in [6.45, 7) is 3.54. The number of hydrogen-bond donors (Lipinski definition) is 0. The molecule has 0 saturated heterocycles. The molecule has 12 heavy (non-hydrogen) atoms. The van der Waals surface area contributed by atoms with Crippen LogP contribution in [-0.2, 0) is 9.84 Å². The Balaban J connectivity index is 0.00000121. The summed E-state index contributed by atoms with van der Waals surface area (Å²) in [7, 11) is -3.11. The van der Waals surface area contributed by atoms with Gasteiger partial charge in [-0.3, -0.25) is 4.98 Å². The Morgan fingerprint density at radius 3 is 2.33 bits per heavy atom. The molecule has 0 spiro atoms. The van der Waals surface area contributed by atoms with Crippen molar-refractivity contribution in [1.82, 2.24) is 4.98 Å². The molecule has 5 heteroatoms. The third-order valence-corrected chi connectivity index (χ3v) is 2.32. The monoisotopic (exact) mass is 177 g/mol. The molecule has 1 heterocycles. The van der Waals surface area contributed by atoms with Crippen LogP contribution in [0.4, 0.5) is 0 Å². The molecular formula is C7H8LiNO2S. The Labute approximate surface area is 84.3 Å². The van der Waals surface area contributed by atoms with Crippen LogP contribution < -0.4 is 18.9 Å². The summed E-state index contributed by atoms with van der Waals surface area (Å²) < 4.78 is 21.8. The van der Waals surface area contributed by atoms with E-state index in [9.17, 15) is 8.42 Å². The van der Waals surface area contributed by atoms with Crippen molar-refractivity contribution in [3.63, 3.8) is 0 Å². The predicted molar refractivity (Wildman–Crippen MR) is 41.8 cm³/mol. The first-order chi connectivity index (χ1) is 5.00. The van der Waals surface area contributed by atoms with Gasteiger partial charge in [-0.15, -0.1) is 11.8 Å². The first-order valence-corrected chi connectivity index (χ1v) is 4.87. The van der Waals surface area contributed by atoms with E-state index in [1.54, 1.807) is 6.07 Å². The minimum Gasteiger partial charge on any atom is -0.294 e. The molecule has 0 aliphatic carbocycles. The molecule has 0 bridgehead atoms. The molecule has 1 aromatic heterocycles. The molecule has 0 amide bonds. The van der Waals surface area contributed by atoms with E-state index in [0.717, 1.165) is 6.26 Å². The molecule has 3 nitrogen and oxygen atoms in total. The van der Waals surface area contributed by atoms with Crippen LogP contribution in [-0.4, -0.2) is 19.7 Å². The van der Waals surface area contributed by atoms with E-state index in [0.29, 0.717) is 5.69 Å². The van der Waals surface area contributed by atoms with Crippen molar-refractivity contribution in [2.24, 2.45) is 0 Å². The van der Waals surface area contributed by atoms with E-state index >= 15 is 0 Å². The largest absolute Gasteiger partial charge is 1.00 e. The second kappa shape index (κ2) is 3.99. The van der Waals surface area contributed by atoms with Crippen molar-refractivity contribution in [3.05, 3.63) is 30.9 Å². The second-order valence-electron chi connectivity index (χ2n) is 2.26. The van der Waals surface area contributed by atoms with Crippen molar-refractivity contribution < 1.29 is 27.3 Å². The summed E-state index contributed by atoms with van der Waals surface area (Å²) in [5.74, 6) is 0. The van der Waals surface area contributed by atoms with Crippen LogP contribution in [0.15, 0.2) is 23.2 Å². The molecule has 60 valence electrons. The molecule has 0 saturated carbocycles. The van der Waals surface area contributed by atoms with Crippen LogP contribution in [0.25, 0.3) is 0 Å². The Morgan fingerprint density at radius 2 is 2.00 bits per heavy atom. The predicted octanol–water partition coefficient (Wildman–Crippen LogP) is -2.33. The van der Waals surface area contributed by atoms with Crippen molar-refractivity contribution in [2.45, 2.75) is 4.90 Å². The third-order valence-electron chi connectivity index (χ3n) is 1.23. The standard InChI is InChI=1S/C7H8NO2S.Li/c1-6-3-4-7(5-8-6)11(2,9)10;/h3-5H,1H2,2H3;/q-1;+1. The molecule has 0 aliphatic rings. The van der Waals surface area contributed by atoms with Crippen molar-refractivity contribution in [3.8, 4) is 0 Å². The van der Waals surface area contributed by atoms with Gasteiger partial charge in [0.2, 0.25) is 0 Å². The number of sulfone groups is 1. The van der Waals surface area contributed by atoms with Gasteiger partial charge in [0.05, 0.1) is 4.90 Å². The molecule has 0 N–H and O–H groups in total. The summed E-state index contributed by atoms with van der Waals surface area (Å²) in [5, 5.41) is 0. The van der Waals surface area contributed by atoms with Crippen LogP contribution in [0.2, 0.25) is 0 Å². The summed E-state index contributed by atoms with van der Waals surface area (Å²) in [6, 6.07) is 3.06. The summed E-state index contributed by atoms with van der Waals surface area (Å²) in [4.78, 5) is 3.98. The minimum absolute atomic E-state index is 0. The van der Waals surface area contributed by atoms with Crippen LogP contribution >= 0.6 is 0 Å². The molecule has 0 aliphatic heterocycles. The van der Waals surface area contributed by atoms with Gasteiger partial charge in [0.25, 0.3) is 0 Å². The average molecular weight is 177 g/mol. The number of aromatic nitrogens is 1. The zero-order valence-corrected chi connectivity index (χ0v) is 7.93. The molecule has 0 aromatic carbocycles. The normalized spacial score (nSPS) is 10.4. The SMILES string of the molecule is [CH2-]c1ccc(S(C)(=O)=O)cn1.[Li+]. The fourth-order valence-corrected chi connectivity index (χ4v) is 1.19. The average Bonchev–Trinajstić information content (AvgIpc) is 1.86. The van der Waals surface area contributed by atoms with E-state index in [1.165, 1.54) is 12.3 Å². The van der Waals surface area contributed by atoms with E-state index < -0.39 is 9.84 Å². The van der Waals surface area contributed by atoms with Gasteiger partial charge >= 0.3 is 18.9 Å². The third kappa shape index (κ3) is 2.90. The van der Waals surface area contributed by atoms with Crippen molar-refractivity contribution in [1.29, 1.82) is 0 Å². The maximum atomic E-state index is 10.9. The maximum absolute atomic E-state index is 10.9. The summed E-state index contributed by atoms with van der Waals surface area (Å²) >= 11 is 0. The maximum Gasteiger partial charge on any atom is 1.00 e. The van der Waals surface area contributed by atoms with Crippen LogP contribution in [0, 0.1) is 6.92 Å². The molecule has 0 unspecified atom stereocenters. The Bertz CT molecular complexity index is 344. The van der Waals surface area contributed by atoms with Gasteiger partial charge in [-0.25, -0.2) is 15.3 Å². The first-order valence-electron chi connectivity index (χ1n) is 2.98. The van der Waals surface area contributed by atoms with Crippen molar-refractivity contribution in [2.75, 3.05) is 6.26 Å². The Kier molecular flexibility index (Phi) is 3.85. The second-order valence-corrected chi connectivity index (χ2v) is 4.27. The molecule has 0 fully saturated rings. The van der Waals surface area contributed by atoms with E-state index in [-0.39, 0.29) is 23.8 Å². The number of rotatable bonds is 1. The van der Waals surface area contributed by atoms with Gasteiger partial charge in [-0.2, -0.15) is 6.07 Å². The molecular weight excluding hydrogens is 169 g/mol. The first kappa shape index (κ1) is 11.6.